The summed E-state index contributed by atoms with van der Waals surface area (Å²) in [5, 5.41) is 3.46. The molecule has 1 aromatic rings. The lowest BCUT2D eigenvalue weighted by Gasteiger charge is -2.27. The molecule has 1 aliphatic heterocycles. The molecule has 0 bridgehead atoms. The number of hydrogen-bond acceptors (Lipinski definition) is 2. The van der Waals surface area contributed by atoms with Gasteiger partial charge in [-0.25, -0.2) is 0 Å². The van der Waals surface area contributed by atoms with Crippen molar-refractivity contribution in [3.8, 4) is 0 Å². The van der Waals surface area contributed by atoms with E-state index < -0.39 is 0 Å². The molecule has 0 radical (unpaired) electrons. The summed E-state index contributed by atoms with van der Waals surface area (Å²) in [5.74, 6) is 0. The third-order valence-corrected chi connectivity index (χ3v) is 3.00. The maximum atomic E-state index is 10.7. The molecule has 0 aliphatic carbocycles. The van der Waals surface area contributed by atoms with Crippen molar-refractivity contribution in [2.24, 2.45) is 0 Å². The van der Waals surface area contributed by atoms with Crippen LogP contribution in [0.5, 0.6) is 0 Å². The second-order valence-electron chi connectivity index (χ2n) is 3.85. The first-order valence-electron chi connectivity index (χ1n) is 5.12. The summed E-state index contributed by atoms with van der Waals surface area (Å²) < 4.78 is 0. The third kappa shape index (κ3) is 1.58. The predicted molar refractivity (Wildman–Crippen MR) is 56.0 cm³/mol. The molecule has 14 heavy (non-hydrogen) atoms. The Morgan fingerprint density at radius 2 is 2.14 bits per heavy atom. The van der Waals surface area contributed by atoms with Crippen LogP contribution in [0.25, 0.3) is 0 Å². The molecule has 1 aliphatic rings. The molecule has 1 heterocycles. The molecule has 2 rings (SSSR count). The molecule has 0 saturated carbocycles. The third-order valence-electron chi connectivity index (χ3n) is 3.00. The van der Waals surface area contributed by atoms with Crippen LogP contribution < -0.4 is 5.32 Å². The van der Waals surface area contributed by atoms with Crippen molar-refractivity contribution in [2.45, 2.75) is 24.8 Å². The van der Waals surface area contributed by atoms with E-state index in [1.54, 1.807) is 0 Å². The van der Waals surface area contributed by atoms with E-state index in [1.807, 2.05) is 18.2 Å². The predicted octanol–water partition coefficient (Wildman–Crippen LogP) is 1.85. The molecular weight excluding hydrogens is 174 g/mol. The van der Waals surface area contributed by atoms with E-state index >= 15 is 0 Å². The first-order valence-corrected chi connectivity index (χ1v) is 5.12. The minimum atomic E-state index is -0.0803. The van der Waals surface area contributed by atoms with Crippen molar-refractivity contribution in [1.29, 1.82) is 0 Å². The first-order chi connectivity index (χ1) is 6.87. The Kier molecular flexibility index (Phi) is 2.64. The topological polar surface area (TPSA) is 29.1 Å². The summed E-state index contributed by atoms with van der Waals surface area (Å²) in [6, 6.07) is 10.3. The van der Waals surface area contributed by atoms with Crippen LogP contribution in [0.1, 0.15) is 24.8 Å². The highest BCUT2D eigenvalue weighted by atomic mass is 16.1. The monoisotopic (exact) mass is 189 g/mol. The number of nitrogens with one attached hydrogen (secondary N) is 1. The Labute approximate surface area is 84.3 Å². The van der Waals surface area contributed by atoms with Crippen LogP contribution in [-0.2, 0) is 10.3 Å². The molecule has 2 heteroatoms. The highest BCUT2D eigenvalue weighted by molar-refractivity contribution is 5.53. The van der Waals surface area contributed by atoms with E-state index in [0.29, 0.717) is 6.42 Å². The van der Waals surface area contributed by atoms with Gasteiger partial charge < -0.3 is 10.1 Å². The minimum absolute atomic E-state index is 0.0803. The van der Waals surface area contributed by atoms with E-state index in [4.69, 9.17) is 0 Å². The second kappa shape index (κ2) is 3.93. The van der Waals surface area contributed by atoms with Crippen LogP contribution in [-0.4, -0.2) is 12.8 Å². The minimum Gasteiger partial charge on any atom is -0.307 e. The summed E-state index contributed by atoms with van der Waals surface area (Å²) in [6.45, 7) is 1.02. The molecule has 1 fully saturated rings. The van der Waals surface area contributed by atoms with Gasteiger partial charge in [-0.15, -0.1) is 0 Å². The van der Waals surface area contributed by atoms with Gasteiger partial charge in [0.05, 0.1) is 5.54 Å². The summed E-state index contributed by atoms with van der Waals surface area (Å²) in [7, 11) is 0. The second-order valence-corrected chi connectivity index (χ2v) is 3.85. The molecule has 2 nitrogen and oxygen atoms in total. The standard InChI is InChI=1S/C12H15NO/c14-10-8-12(7-4-9-13-12)11-5-2-1-3-6-11/h1-3,5-6,10,13H,4,7-9H2. The van der Waals surface area contributed by atoms with Gasteiger partial charge in [0.15, 0.2) is 0 Å². The molecule has 74 valence electrons. The van der Waals surface area contributed by atoms with Crippen LogP contribution in [0.3, 0.4) is 0 Å². The molecule has 1 saturated heterocycles. The van der Waals surface area contributed by atoms with E-state index in [0.717, 1.165) is 25.7 Å². The number of carbonyl (C=O) groups excluding carboxylic acids is 1. The van der Waals surface area contributed by atoms with Crippen LogP contribution >= 0.6 is 0 Å². The molecule has 1 unspecified atom stereocenters. The van der Waals surface area contributed by atoms with Gasteiger partial charge in [0.2, 0.25) is 0 Å². The average Bonchev–Trinajstić information content (AvgIpc) is 2.70. The fourth-order valence-electron chi connectivity index (χ4n) is 2.24. The highest BCUT2D eigenvalue weighted by Crippen LogP contribution is 2.32. The number of carbonyl (C=O) groups is 1. The molecule has 1 atom stereocenters. The fourth-order valence-corrected chi connectivity index (χ4v) is 2.24. The maximum Gasteiger partial charge on any atom is 0.122 e. The smallest absolute Gasteiger partial charge is 0.122 e. The van der Waals surface area contributed by atoms with Crippen molar-refractivity contribution in [1.82, 2.24) is 5.32 Å². The van der Waals surface area contributed by atoms with Gasteiger partial charge >= 0.3 is 0 Å². The quantitative estimate of drug-likeness (QED) is 0.735. The highest BCUT2D eigenvalue weighted by Gasteiger charge is 2.34. The van der Waals surface area contributed by atoms with Crippen molar-refractivity contribution >= 4 is 6.29 Å². The van der Waals surface area contributed by atoms with Crippen LogP contribution in [0, 0.1) is 0 Å². The lowest BCUT2D eigenvalue weighted by Crippen LogP contribution is -2.37. The molecule has 1 N–H and O–H groups in total. The molecular formula is C12H15NO. The number of hydrogen-bond donors (Lipinski definition) is 1. The largest absolute Gasteiger partial charge is 0.307 e. The zero-order valence-electron chi connectivity index (χ0n) is 8.20. The normalized spacial score (nSPS) is 26.3. The van der Waals surface area contributed by atoms with Crippen LogP contribution in [0.2, 0.25) is 0 Å². The van der Waals surface area contributed by atoms with Crippen LogP contribution in [0.4, 0.5) is 0 Å². The van der Waals surface area contributed by atoms with E-state index in [2.05, 4.69) is 17.4 Å². The Morgan fingerprint density at radius 1 is 1.36 bits per heavy atom. The lowest BCUT2D eigenvalue weighted by molar-refractivity contribution is -0.109. The van der Waals surface area contributed by atoms with Gasteiger partial charge in [-0.2, -0.15) is 0 Å². The first kappa shape index (κ1) is 9.41. The van der Waals surface area contributed by atoms with Gasteiger partial charge in [0.1, 0.15) is 6.29 Å². The van der Waals surface area contributed by atoms with Crippen molar-refractivity contribution in [3.63, 3.8) is 0 Å². The SMILES string of the molecule is O=CCC1(c2ccccc2)CCCN1. The Bertz CT molecular complexity index is 301. The lowest BCUT2D eigenvalue weighted by atomic mass is 9.86. The van der Waals surface area contributed by atoms with Gasteiger partial charge in [0, 0.05) is 6.42 Å². The van der Waals surface area contributed by atoms with Crippen molar-refractivity contribution in [2.75, 3.05) is 6.54 Å². The number of aldehydes is 1. The summed E-state index contributed by atoms with van der Waals surface area (Å²) in [5.41, 5.74) is 1.16. The summed E-state index contributed by atoms with van der Waals surface area (Å²) >= 11 is 0. The molecule has 0 spiro atoms. The number of benzene rings is 1. The van der Waals surface area contributed by atoms with E-state index in [1.165, 1.54) is 5.56 Å². The molecule has 1 aromatic carbocycles. The zero-order chi connectivity index (χ0) is 9.86. The van der Waals surface area contributed by atoms with Crippen LogP contribution in [0.15, 0.2) is 30.3 Å². The Morgan fingerprint density at radius 3 is 2.71 bits per heavy atom. The van der Waals surface area contributed by atoms with Crippen molar-refractivity contribution < 1.29 is 4.79 Å². The summed E-state index contributed by atoms with van der Waals surface area (Å²) in [6.07, 6.45) is 3.82. The van der Waals surface area contributed by atoms with Gasteiger partial charge in [-0.3, -0.25) is 0 Å². The van der Waals surface area contributed by atoms with Gasteiger partial charge in [0.25, 0.3) is 0 Å². The van der Waals surface area contributed by atoms with Crippen molar-refractivity contribution in [3.05, 3.63) is 35.9 Å². The van der Waals surface area contributed by atoms with E-state index in [-0.39, 0.29) is 5.54 Å². The van der Waals surface area contributed by atoms with E-state index in [9.17, 15) is 4.79 Å². The summed E-state index contributed by atoms with van der Waals surface area (Å²) in [4.78, 5) is 10.7. The maximum absolute atomic E-state index is 10.7. The molecule has 0 aromatic heterocycles. The van der Waals surface area contributed by atoms with Gasteiger partial charge in [-0.1, -0.05) is 30.3 Å². The zero-order valence-corrected chi connectivity index (χ0v) is 8.20. The average molecular weight is 189 g/mol. The number of rotatable bonds is 3. The molecule has 0 amide bonds. The Balaban J connectivity index is 2.31. The Hall–Kier alpha value is -1.15. The fraction of sp³-hybridized carbons (Fsp3) is 0.417. The van der Waals surface area contributed by atoms with Gasteiger partial charge in [-0.05, 0) is 24.9 Å².